The van der Waals surface area contributed by atoms with E-state index in [0.717, 1.165) is 19.3 Å². The maximum absolute atomic E-state index is 11.7. The van der Waals surface area contributed by atoms with Crippen LogP contribution in [0.1, 0.15) is 40.0 Å². The number of hydrogen-bond donors (Lipinski definition) is 2. The summed E-state index contributed by atoms with van der Waals surface area (Å²) in [6, 6.07) is 0.0716. The summed E-state index contributed by atoms with van der Waals surface area (Å²) in [6.45, 7) is 5.97. The Labute approximate surface area is 80.1 Å². The summed E-state index contributed by atoms with van der Waals surface area (Å²) in [5, 5.41) is 2.97. The van der Waals surface area contributed by atoms with Gasteiger partial charge in [0, 0.05) is 11.6 Å². The number of nitrogens with one attached hydrogen (secondary N) is 1. The number of amides is 1. The SMILES string of the molecule is CC(C)(C)NC(=O)[C@H]1CCC[C@H]1N. The van der Waals surface area contributed by atoms with E-state index < -0.39 is 0 Å². The summed E-state index contributed by atoms with van der Waals surface area (Å²) in [6.07, 6.45) is 3.02. The number of rotatable bonds is 1. The van der Waals surface area contributed by atoms with Gasteiger partial charge in [-0.2, -0.15) is 0 Å². The van der Waals surface area contributed by atoms with Crippen molar-refractivity contribution in [3.63, 3.8) is 0 Å². The zero-order valence-corrected chi connectivity index (χ0v) is 8.76. The van der Waals surface area contributed by atoms with E-state index in [2.05, 4.69) is 5.32 Å². The highest BCUT2D eigenvalue weighted by Crippen LogP contribution is 2.24. The molecule has 2 atom stereocenters. The first-order chi connectivity index (χ1) is 5.90. The Balaban J connectivity index is 2.48. The van der Waals surface area contributed by atoms with E-state index >= 15 is 0 Å². The van der Waals surface area contributed by atoms with Gasteiger partial charge < -0.3 is 11.1 Å². The lowest BCUT2D eigenvalue weighted by Crippen LogP contribution is -2.47. The van der Waals surface area contributed by atoms with Crippen LogP contribution in [0.2, 0.25) is 0 Å². The Kier molecular flexibility index (Phi) is 2.96. The largest absolute Gasteiger partial charge is 0.351 e. The van der Waals surface area contributed by atoms with E-state index in [0.29, 0.717) is 0 Å². The quantitative estimate of drug-likeness (QED) is 0.639. The maximum atomic E-state index is 11.7. The monoisotopic (exact) mass is 184 g/mol. The molecule has 0 unspecified atom stereocenters. The molecular weight excluding hydrogens is 164 g/mol. The third-order valence-corrected chi connectivity index (χ3v) is 2.40. The number of hydrogen-bond acceptors (Lipinski definition) is 2. The van der Waals surface area contributed by atoms with Crippen molar-refractivity contribution in [3.05, 3.63) is 0 Å². The minimum Gasteiger partial charge on any atom is -0.351 e. The van der Waals surface area contributed by atoms with Gasteiger partial charge in [-0.25, -0.2) is 0 Å². The first-order valence-electron chi connectivity index (χ1n) is 4.98. The number of carbonyl (C=O) groups is 1. The van der Waals surface area contributed by atoms with Crippen LogP contribution in [0.4, 0.5) is 0 Å². The zero-order valence-electron chi connectivity index (χ0n) is 8.76. The smallest absolute Gasteiger partial charge is 0.225 e. The Bertz CT molecular complexity index is 196. The molecule has 3 heteroatoms. The van der Waals surface area contributed by atoms with Crippen LogP contribution in [-0.4, -0.2) is 17.5 Å². The van der Waals surface area contributed by atoms with Crippen molar-refractivity contribution in [2.75, 3.05) is 0 Å². The summed E-state index contributed by atoms with van der Waals surface area (Å²) < 4.78 is 0. The van der Waals surface area contributed by atoms with Crippen LogP contribution < -0.4 is 11.1 Å². The fourth-order valence-corrected chi connectivity index (χ4v) is 1.78. The molecule has 3 N–H and O–H groups in total. The van der Waals surface area contributed by atoms with Crippen LogP contribution in [0.5, 0.6) is 0 Å². The second-order valence-corrected chi connectivity index (χ2v) is 4.94. The van der Waals surface area contributed by atoms with Crippen molar-refractivity contribution < 1.29 is 4.79 Å². The highest BCUT2D eigenvalue weighted by atomic mass is 16.2. The lowest BCUT2D eigenvalue weighted by molar-refractivity contribution is -0.126. The van der Waals surface area contributed by atoms with Crippen molar-refractivity contribution in [1.29, 1.82) is 0 Å². The predicted octanol–water partition coefficient (Wildman–Crippen LogP) is 1.03. The van der Waals surface area contributed by atoms with Gasteiger partial charge in [0.2, 0.25) is 5.91 Å². The van der Waals surface area contributed by atoms with Gasteiger partial charge in [0.15, 0.2) is 0 Å². The van der Waals surface area contributed by atoms with Crippen molar-refractivity contribution in [2.24, 2.45) is 11.7 Å². The molecule has 13 heavy (non-hydrogen) atoms. The van der Waals surface area contributed by atoms with Crippen molar-refractivity contribution in [1.82, 2.24) is 5.32 Å². The average Bonchev–Trinajstić information content (AvgIpc) is 2.30. The molecule has 0 aliphatic heterocycles. The lowest BCUT2D eigenvalue weighted by atomic mass is 10.0. The minimum absolute atomic E-state index is 0.0409. The highest BCUT2D eigenvalue weighted by molar-refractivity contribution is 5.80. The summed E-state index contributed by atoms with van der Waals surface area (Å²) >= 11 is 0. The van der Waals surface area contributed by atoms with Gasteiger partial charge in [-0.3, -0.25) is 4.79 Å². The van der Waals surface area contributed by atoms with Gasteiger partial charge in [0.25, 0.3) is 0 Å². The molecule has 1 fully saturated rings. The van der Waals surface area contributed by atoms with Crippen LogP contribution in [0, 0.1) is 5.92 Å². The Morgan fingerprint density at radius 1 is 1.38 bits per heavy atom. The van der Waals surface area contributed by atoms with Crippen LogP contribution in [0.25, 0.3) is 0 Å². The summed E-state index contributed by atoms with van der Waals surface area (Å²) in [4.78, 5) is 11.7. The van der Waals surface area contributed by atoms with Gasteiger partial charge in [0.1, 0.15) is 0 Å². The number of nitrogens with two attached hydrogens (primary N) is 1. The normalized spacial score (nSPS) is 28.9. The number of carbonyl (C=O) groups excluding carboxylic acids is 1. The predicted molar refractivity (Wildman–Crippen MR) is 53.2 cm³/mol. The standard InChI is InChI=1S/C10H20N2O/c1-10(2,3)12-9(13)7-5-4-6-8(7)11/h7-8H,4-6,11H2,1-3H3,(H,12,13)/t7-,8+/m0/s1. The molecule has 0 aromatic carbocycles. The maximum Gasteiger partial charge on any atom is 0.225 e. The van der Waals surface area contributed by atoms with E-state index in [1.54, 1.807) is 0 Å². The van der Waals surface area contributed by atoms with E-state index in [1.165, 1.54) is 0 Å². The third kappa shape index (κ3) is 2.99. The second kappa shape index (κ2) is 3.66. The van der Waals surface area contributed by atoms with Crippen LogP contribution >= 0.6 is 0 Å². The van der Waals surface area contributed by atoms with Crippen LogP contribution in [0.15, 0.2) is 0 Å². The molecule has 0 spiro atoms. The van der Waals surface area contributed by atoms with E-state index in [4.69, 9.17) is 5.73 Å². The molecule has 1 saturated carbocycles. The van der Waals surface area contributed by atoms with Crippen molar-refractivity contribution >= 4 is 5.91 Å². The zero-order chi connectivity index (χ0) is 10.1. The molecule has 3 nitrogen and oxygen atoms in total. The molecule has 0 aromatic heterocycles. The lowest BCUT2D eigenvalue weighted by Gasteiger charge is -2.24. The van der Waals surface area contributed by atoms with Gasteiger partial charge in [0.05, 0.1) is 5.92 Å². The minimum atomic E-state index is -0.139. The summed E-state index contributed by atoms with van der Waals surface area (Å²) in [5.74, 6) is 0.164. The Hall–Kier alpha value is -0.570. The van der Waals surface area contributed by atoms with Gasteiger partial charge >= 0.3 is 0 Å². The summed E-state index contributed by atoms with van der Waals surface area (Å²) in [7, 11) is 0. The molecule has 0 aromatic rings. The molecule has 0 radical (unpaired) electrons. The fourth-order valence-electron chi connectivity index (χ4n) is 1.78. The molecule has 76 valence electrons. The third-order valence-electron chi connectivity index (χ3n) is 2.40. The molecule has 1 amide bonds. The molecule has 1 aliphatic carbocycles. The molecular formula is C10H20N2O. The van der Waals surface area contributed by atoms with Crippen LogP contribution in [0.3, 0.4) is 0 Å². The Morgan fingerprint density at radius 2 is 2.00 bits per heavy atom. The molecule has 1 rings (SSSR count). The first kappa shape index (κ1) is 10.5. The van der Waals surface area contributed by atoms with Gasteiger partial charge in [-0.15, -0.1) is 0 Å². The van der Waals surface area contributed by atoms with E-state index in [-0.39, 0.29) is 23.4 Å². The van der Waals surface area contributed by atoms with Crippen molar-refractivity contribution in [3.8, 4) is 0 Å². The van der Waals surface area contributed by atoms with Gasteiger partial charge in [-0.05, 0) is 33.6 Å². The van der Waals surface area contributed by atoms with Crippen molar-refractivity contribution in [2.45, 2.75) is 51.6 Å². The molecule has 0 bridgehead atoms. The summed E-state index contributed by atoms with van der Waals surface area (Å²) in [5.41, 5.74) is 5.70. The molecule has 0 saturated heterocycles. The topological polar surface area (TPSA) is 55.1 Å². The highest BCUT2D eigenvalue weighted by Gasteiger charge is 2.31. The van der Waals surface area contributed by atoms with Gasteiger partial charge in [-0.1, -0.05) is 6.42 Å². The fraction of sp³-hybridized carbons (Fsp3) is 0.900. The van der Waals surface area contributed by atoms with E-state index in [9.17, 15) is 4.79 Å². The van der Waals surface area contributed by atoms with E-state index in [1.807, 2.05) is 20.8 Å². The average molecular weight is 184 g/mol. The second-order valence-electron chi connectivity index (χ2n) is 4.94. The molecule has 0 heterocycles. The van der Waals surface area contributed by atoms with Crippen LogP contribution in [-0.2, 0) is 4.79 Å². The Morgan fingerprint density at radius 3 is 2.38 bits per heavy atom. The molecule has 1 aliphatic rings. The first-order valence-corrected chi connectivity index (χ1v) is 4.98.